The molecule has 2 N–H and O–H groups in total. The molecule has 4 unspecified atom stereocenters. The first-order chi connectivity index (χ1) is 10.2. The highest BCUT2D eigenvalue weighted by atomic mass is 127. The summed E-state index contributed by atoms with van der Waals surface area (Å²) in [6.45, 7) is 12.7. The van der Waals surface area contributed by atoms with Gasteiger partial charge in [0.2, 0.25) is 0 Å². The first kappa shape index (κ1) is 20.0. The summed E-state index contributed by atoms with van der Waals surface area (Å²) in [6.07, 6.45) is 4.41. The van der Waals surface area contributed by atoms with Gasteiger partial charge in [-0.05, 0) is 46.2 Å². The van der Waals surface area contributed by atoms with Gasteiger partial charge in [0.05, 0.1) is 24.8 Å². The lowest BCUT2D eigenvalue weighted by Gasteiger charge is -2.26. The fraction of sp³-hybridized carbons (Fsp3) is 0.938. The Bertz CT molecular complexity index is 349. The summed E-state index contributed by atoms with van der Waals surface area (Å²) in [6, 6.07) is 0.914. The molecule has 0 radical (unpaired) electrons. The molecular weight excluding hydrogens is 391 g/mol. The van der Waals surface area contributed by atoms with Gasteiger partial charge in [-0.25, -0.2) is 0 Å². The molecule has 0 aromatic heterocycles. The second kappa shape index (κ2) is 9.93. The van der Waals surface area contributed by atoms with Crippen LogP contribution in [0.1, 0.15) is 47.0 Å². The Kier molecular flexibility index (Phi) is 9.01. The Balaban J connectivity index is 0.00000242. The van der Waals surface area contributed by atoms with E-state index in [9.17, 15) is 0 Å². The van der Waals surface area contributed by atoms with Gasteiger partial charge in [-0.2, -0.15) is 0 Å². The minimum absolute atomic E-state index is 0. The van der Waals surface area contributed by atoms with Gasteiger partial charge in [-0.15, -0.1) is 24.0 Å². The summed E-state index contributed by atoms with van der Waals surface area (Å²) in [5, 5.41) is 6.94. The smallest absolute Gasteiger partial charge is 0.191 e. The molecule has 2 aliphatic rings. The number of likely N-dealkylation sites (N-methyl/N-ethyl adjacent to an activating group) is 1. The average molecular weight is 424 g/mol. The summed E-state index contributed by atoms with van der Waals surface area (Å²) < 4.78 is 5.91. The van der Waals surface area contributed by atoms with Gasteiger partial charge >= 0.3 is 0 Å². The molecule has 6 heteroatoms. The molecule has 2 fully saturated rings. The van der Waals surface area contributed by atoms with Crippen LogP contribution in [0, 0.1) is 0 Å². The zero-order chi connectivity index (χ0) is 15.2. The number of halogens is 1. The van der Waals surface area contributed by atoms with Crippen LogP contribution >= 0.6 is 24.0 Å². The van der Waals surface area contributed by atoms with E-state index in [1.807, 2.05) is 0 Å². The van der Waals surface area contributed by atoms with Crippen molar-refractivity contribution in [1.29, 1.82) is 0 Å². The van der Waals surface area contributed by atoms with E-state index in [0.29, 0.717) is 24.3 Å². The molecular formula is C16H33IN4O. The van der Waals surface area contributed by atoms with Crippen molar-refractivity contribution in [3.05, 3.63) is 0 Å². The highest BCUT2D eigenvalue weighted by Gasteiger charge is 2.41. The van der Waals surface area contributed by atoms with E-state index >= 15 is 0 Å². The first-order valence-corrected chi connectivity index (χ1v) is 8.62. The van der Waals surface area contributed by atoms with Crippen molar-refractivity contribution in [3.8, 4) is 0 Å². The minimum Gasteiger partial charge on any atom is -0.373 e. The number of nitrogens with zero attached hydrogens (tertiary/aromatic N) is 2. The summed E-state index contributed by atoms with van der Waals surface area (Å²) in [5.74, 6) is 0.942. The molecule has 0 amide bonds. The van der Waals surface area contributed by atoms with E-state index in [4.69, 9.17) is 9.73 Å². The van der Waals surface area contributed by atoms with Crippen molar-refractivity contribution < 1.29 is 4.74 Å². The topological polar surface area (TPSA) is 48.9 Å². The first-order valence-electron chi connectivity index (χ1n) is 8.62. The summed E-state index contributed by atoms with van der Waals surface area (Å²) >= 11 is 0. The van der Waals surface area contributed by atoms with Crippen LogP contribution in [-0.4, -0.2) is 61.3 Å². The summed E-state index contributed by atoms with van der Waals surface area (Å²) in [4.78, 5) is 7.21. The number of hydrogen-bond acceptors (Lipinski definition) is 3. The zero-order valence-electron chi connectivity index (χ0n) is 14.5. The number of nitrogens with one attached hydrogen (secondary N) is 2. The lowest BCUT2D eigenvalue weighted by molar-refractivity contribution is 0.0992. The molecule has 2 saturated heterocycles. The largest absolute Gasteiger partial charge is 0.373 e. The van der Waals surface area contributed by atoms with Crippen LogP contribution in [0.2, 0.25) is 0 Å². The Morgan fingerprint density at radius 1 is 1.27 bits per heavy atom. The van der Waals surface area contributed by atoms with Gasteiger partial charge in [-0.3, -0.25) is 9.89 Å². The lowest BCUT2D eigenvalue weighted by Crippen LogP contribution is -2.48. The number of fused-ring (bicyclic) bond motifs is 2. The number of aliphatic imine (C=N–C) groups is 1. The number of hydrogen-bond donors (Lipinski definition) is 2. The Hall–Kier alpha value is -0.0800. The zero-order valence-corrected chi connectivity index (χ0v) is 16.8. The van der Waals surface area contributed by atoms with Crippen LogP contribution in [-0.2, 0) is 4.74 Å². The maximum absolute atomic E-state index is 5.91. The molecule has 2 heterocycles. The molecule has 2 bridgehead atoms. The van der Waals surface area contributed by atoms with Crippen molar-refractivity contribution in [2.75, 3.05) is 26.2 Å². The quantitative estimate of drug-likeness (QED) is 0.374. The summed E-state index contributed by atoms with van der Waals surface area (Å²) in [7, 11) is 0. The molecule has 5 nitrogen and oxygen atoms in total. The molecule has 4 atom stereocenters. The van der Waals surface area contributed by atoms with Gasteiger partial charge in [0.15, 0.2) is 5.96 Å². The Morgan fingerprint density at radius 3 is 2.50 bits per heavy atom. The van der Waals surface area contributed by atoms with Crippen LogP contribution in [0.15, 0.2) is 4.99 Å². The van der Waals surface area contributed by atoms with Crippen molar-refractivity contribution >= 4 is 29.9 Å². The average Bonchev–Trinajstić information content (AvgIpc) is 3.09. The number of rotatable bonds is 7. The van der Waals surface area contributed by atoms with E-state index in [1.54, 1.807) is 0 Å². The molecule has 2 aliphatic heterocycles. The molecule has 0 aromatic rings. The lowest BCUT2D eigenvalue weighted by atomic mass is 9.96. The van der Waals surface area contributed by atoms with E-state index in [2.05, 4.69) is 43.2 Å². The van der Waals surface area contributed by atoms with Gasteiger partial charge in [0, 0.05) is 12.6 Å². The van der Waals surface area contributed by atoms with Gasteiger partial charge < -0.3 is 15.4 Å². The fourth-order valence-electron chi connectivity index (χ4n) is 3.47. The van der Waals surface area contributed by atoms with Gasteiger partial charge in [0.1, 0.15) is 0 Å². The fourth-order valence-corrected chi connectivity index (χ4v) is 3.47. The van der Waals surface area contributed by atoms with Crippen LogP contribution < -0.4 is 10.6 Å². The third kappa shape index (κ3) is 5.23. The van der Waals surface area contributed by atoms with Gasteiger partial charge in [0.25, 0.3) is 0 Å². The van der Waals surface area contributed by atoms with Crippen molar-refractivity contribution in [2.45, 2.75) is 71.2 Å². The maximum Gasteiger partial charge on any atom is 0.191 e. The van der Waals surface area contributed by atoms with Crippen molar-refractivity contribution in [2.24, 2.45) is 4.99 Å². The molecule has 130 valence electrons. The second-order valence-corrected chi connectivity index (χ2v) is 6.15. The normalized spacial score (nSPS) is 28.6. The van der Waals surface area contributed by atoms with Crippen LogP contribution in [0.25, 0.3) is 0 Å². The molecule has 0 aromatic carbocycles. The Labute approximate surface area is 152 Å². The van der Waals surface area contributed by atoms with Crippen LogP contribution in [0.3, 0.4) is 0 Å². The minimum atomic E-state index is 0. The van der Waals surface area contributed by atoms with Gasteiger partial charge in [-0.1, -0.05) is 13.8 Å². The molecule has 0 spiro atoms. The molecule has 0 saturated carbocycles. The predicted molar refractivity (Wildman–Crippen MR) is 103 cm³/mol. The highest BCUT2D eigenvalue weighted by molar-refractivity contribution is 14.0. The molecule has 0 aliphatic carbocycles. The van der Waals surface area contributed by atoms with E-state index < -0.39 is 0 Å². The highest BCUT2D eigenvalue weighted by Crippen LogP contribution is 2.34. The third-order valence-corrected chi connectivity index (χ3v) is 4.72. The second-order valence-electron chi connectivity index (χ2n) is 6.15. The third-order valence-electron chi connectivity index (χ3n) is 4.72. The number of guanidine groups is 1. The standard InChI is InChI=1S/C16H32N4O.HI/c1-5-17-16(18-11-12(4)20(6-2)7-3)19-14-10-13-8-9-15(14)21-13;/h12-15H,5-11H2,1-4H3,(H2,17,18,19);1H. The molecule has 22 heavy (non-hydrogen) atoms. The molecule has 2 rings (SSSR count). The Morgan fingerprint density at radius 2 is 2.00 bits per heavy atom. The predicted octanol–water partition coefficient (Wildman–Crippen LogP) is 2.21. The monoisotopic (exact) mass is 424 g/mol. The maximum atomic E-state index is 5.91. The van der Waals surface area contributed by atoms with Crippen molar-refractivity contribution in [1.82, 2.24) is 15.5 Å². The number of ether oxygens (including phenoxy) is 1. The van der Waals surface area contributed by atoms with E-state index in [1.165, 1.54) is 12.8 Å². The van der Waals surface area contributed by atoms with Crippen LogP contribution in [0.4, 0.5) is 0 Å². The van der Waals surface area contributed by atoms with Crippen molar-refractivity contribution in [3.63, 3.8) is 0 Å². The SMILES string of the molecule is CCNC(=NCC(C)N(CC)CC)NC1CC2CCC1O2.I. The van der Waals surface area contributed by atoms with E-state index in [0.717, 1.165) is 38.6 Å². The summed E-state index contributed by atoms with van der Waals surface area (Å²) in [5.41, 5.74) is 0. The van der Waals surface area contributed by atoms with Crippen LogP contribution in [0.5, 0.6) is 0 Å². The van der Waals surface area contributed by atoms with E-state index in [-0.39, 0.29) is 24.0 Å².